The molecule has 2 N–H and O–H groups in total. The third-order valence-corrected chi connectivity index (χ3v) is 7.99. The van der Waals surface area contributed by atoms with Crippen LogP contribution in [-0.2, 0) is 9.59 Å². The first-order valence-electron chi connectivity index (χ1n) is 12.5. The topological polar surface area (TPSA) is 95.9 Å². The maximum atomic E-state index is 13.9. The van der Waals surface area contributed by atoms with E-state index < -0.39 is 29.5 Å². The molecule has 1 heterocycles. The number of alkyl halides is 3. The maximum absolute atomic E-state index is 13.9. The number of anilines is 1. The van der Waals surface area contributed by atoms with Crippen molar-refractivity contribution < 1.29 is 37.4 Å². The van der Waals surface area contributed by atoms with Gasteiger partial charge in [0.1, 0.15) is 5.75 Å². The number of benzene rings is 2. The van der Waals surface area contributed by atoms with Gasteiger partial charge in [-0.15, -0.1) is 13.2 Å². The average Bonchev–Trinajstić information content (AvgIpc) is 3.44. The fourth-order valence-corrected chi connectivity index (χ4v) is 6.38. The van der Waals surface area contributed by atoms with E-state index in [4.69, 9.17) is 16.7 Å². The van der Waals surface area contributed by atoms with Crippen LogP contribution in [0.5, 0.6) is 5.75 Å². The summed E-state index contributed by atoms with van der Waals surface area (Å²) < 4.78 is 42.4. The molecule has 0 aromatic heterocycles. The van der Waals surface area contributed by atoms with E-state index in [0.717, 1.165) is 43.4 Å². The summed E-state index contributed by atoms with van der Waals surface area (Å²) in [5.41, 5.74) is 0.930. The van der Waals surface area contributed by atoms with Crippen LogP contribution in [0.4, 0.5) is 18.9 Å². The second-order valence-electron chi connectivity index (χ2n) is 10.2. The predicted molar refractivity (Wildman–Crippen MR) is 132 cm³/mol. The van der Waals surface area contributed by atoms with Gasteiger partial charge in [0.15, 0.2) is 0 Å². The first kappa shape index (κ1) is 26.3. The van der Waals surface area contributed by atoms with Gasteiger partial charge in [0, 0.05) is 40.2 Å². The molecule has 3 aliphatic rings. The van der Waals surface area contributed by atoms with Crippen LogP contribution < -0.4 is 15.0 Å². The Morgan fingerprint density at radius 3 is 2.55 bits per heavy atom. The minimum atomic E-state index is -4.88. The molecule has 2 fully saturated rings. The highest BCUT2D eigenvalue weighted by Crippen LogP contribution is 2.60. The van der Waals surface area contributed by atoms with Crippen LogP contribution in [0.1, 0.15) is 66.8 Å². The minimum Gasteiger partial charge on any atom is -0.481 e. The molecular weight excluding hydrogens is 525 g/mol. The number of nitrogens with zero attached hydrogens (tertiary/aromatic N) is 1. The number of carboxylic acid groups (broad SMARTS) is 1. The summed E-state index contributed by atoms with van der Waals surface area (Å²) in [5.74, 6) is -2.41. The molecule has 5 rings (SSSR count). The molecule has 11 heteroatoms. The second kappa shape index (κ2) is 9.80. The number of carboxylic acids is 1. The fraction of sp³-hybridized carbons (Fsp3) is 0.444. The van der Waals surface area contributed by atoms with Crippen molar-refractivity contribution in [1.82, 2.24) is 5.32 Å². The van der Waals surface area contributed by atoms with Gasteiger partial charge in [-0.05, 0) is 67.5 Å². The molecule has 0 saturated heterocycles. The van der Waals surface area contributed by atoms with Crippen LogP contribution in [0.15, 0.2) is 42.5 Å². The molecule has 2 aromatic rings. The van der Waals surface area contributed by atoms with Crippen molar-refractivity contribution in [2.75, 3.05) is 4.90 Å². The highest BCUT2D eigenvalue weighted by atomic mass is 35.5. The van der Waals surface area contributed by atoms with Gasteiger partial charge in [-0.25, -0.2) is 0 Å². The van der Waals surface area contributed by atoms with E-state index in [-0.39, 0.29) is 42.2 Å². The molecule has 3 unspecified atom stereocenters. The number of aliphatic carboxylic acids is 1. The van der Waals surface area contributed by atoms with Crippen molar-refractivity contribution in [2.45, 2.75) is 68.8 Å². The molecule has 2 saturated carbocycles. The molecule has 2 aliphatic carbocycles. The highest BCUT2D eigenvalue weighted by molar-refractivity contribution is 6.31. The number of carbonyl (C=O) groups is 3. The standard InChI is InChI=1S/C27H26ClF3N2O5/c28-16-7-8-19-21(14-16)33(25(37)15-3-1-4-17(13-15)38-27(29,30)31)20-6-2-5-18(20)24(19)26(11-12-26)32-22(34)9-10-23(35)36/h1,3-4,7-8,13-14,18,20,24H,2,5-6,9-12H2,(H,32,34)(H,35,36). The molecule has 3 atom stereocenters. The fourth-order valence-electron chi connectivity index (χ4n) is 6.22. The van der Waals surface area contributed by atoms with Crippen molar-refractivity contribution in [3.05, 3.63) is 58.6 Å². The molecule has 2 amide bonds. The van der Waals surface area contributed by atoms with Crippen molar-refractivity contribution in [3.8, 4) is 5.75 Å². The monoisotopic (exact) mass is 550 g/mol. The summed E-state index contributed by atoms with van der Waals surface area (Å²) in [4.78, 5) is 39.1. The number of carbonyl (C=O) groups excluding carboxylic acids is 2. The van der Waals surface area contributed by atoms with Crippen LogP contribution in [-0.4, -0.2) is 40.8 Å². The molecular formula is C27H26ClF3N2O5. The van der Waals surface area contributed by atoms with Gasteiger partial charge in [-0.3, -0.25) is 14.4 Å². The van der Waals surface area contributed by atoms with Crippen LogP contribution in [0.25, 0.3) is 0 Å². The van der Waals surface area contributed by atoms with E-state index in [0.29, 0.717) is 17.1 Å². The van der Waals surface area contributed by atoms with E-state index in [9.17, 15) is 27.6 Å². The van der Waals surface area contributed by atoms with Gasteiger partial charge in [0.05, 0.1) is 6.42 Å². The molecule has 1 aliphatic heterocycles. The first-order valence-corrected chi connectivity index (χ1v) is 12.9. The largest absolute Gasteiger partial charge is 0.573 e. The molecule has 202 valence electrons. The first-order chi connectivity index (χ1) is 18.0. The quantitative estimate of drug-likeness (QED) is 0.463. The average molecular weight is 551 g/mol. The van der Waals surface area contributed by atoms with Crippen LogP contribution in [0, 0.1) is 5.92 Å². The number of hydrogen-bond donors (Lipinski definition) is 2. The van der Waals surface area contributed by atoms with E-state index in [1.807, 2.05) is 6.07 Å². The number of rotatable bonds is 7. The zero-order chi connectivity index (χ0) is 27.2. The lowest BCUT2D eigenvalue weighted by Crippen LogP contribution is -2.53. The minimum absolute atomic E-state index is 0.00417. The molecule has 7 nitrogen and oxygen atoms in total. The Kier molecular flexibility index (Phi) is 6.79. The van der Waals surface area contributed by atoms with E-state index >= 15 is 0 Å². The van der Waals surface area contributed by atoms with E-state index in [2.05, 4.69) is 10.1 Å². The lowest BCUT2D eigenvalue weighted by molar-refractivity contribution is -0.274. The Hall–Kier alpha value is -3.27. The van der Waals surface area contributed by atoms with Gasteiger partial charge in [0.25, 0.3) is 5.91 Å². The molecule has 0 bridgehead atoms. The highest BCUT2D eigenvalue weighted by Gasteiger charge is 2.59. The third-order valence-electron chi connectivity index (χ3n) is 7.75. The lowest BCUT2D eigenvalue weighted by Gasteiger charge is -2.47. The van der Waals surface area contributed by atoms with Gasteiger partial charge in [0.2, 0.25) is 5.91 Å². The summed E-state index contributed by atoms with van der Waals surface area (Å²) in [7, 11) is 0. The van der Waals surface area contributed by atoms with Crippen LogP contribution in [0.3, 0.4) is 0 Å². The van der Waals surface area contributed by atoms with Crippen molar-refractivity contribution in [3.63, 3.8) is 0 Å². The van der Waals surface area contributed by atoms with Crippen LogP contribution >= 0.6 is 11.6 Å². The smallest absolute Gasteiger partial charge is 0.481 e. The van der Waals surface area contributed by atoms with E-state index in [1.165, 1.54) is 12.1 Å². The Morgan fingerprint density at radius 1 is 1.11 bits per heavy atom. The molecule has 2 aromatic carbocycles. The number of nitrogens with one attached hydrogen (secondary N) is 1. The molecule has 0 radical (unpaired) electrons. The van der Waals surface area contributed by atoms with Crippen LogP contribution in [0.2, 0.25) is 5.02 Å². The lowest BCUT2D eigenvalue weighted by atomic mass is 9.72. The number of fused-ring (bicyclic) bond motifs is 2. The van der Waals surface area contributed by atoms with Crippen molar-refractivity contribution in [1.29, 1.82) is 0 Å². The molecule has 0 spiro atoms. The number of halogens is 4. The zero-order valence-electron chi connectivity index (χ0n) is 20.3. The summed E-state index contributed by atoms with van der Waals surface area (Å²) in [5, 5.41) is 12.5. The van der Waals surface area contributed by atoms with Gasteiger partial charge in [-0.2, -0.15) is 0 Å². The van der Waals surface area contributed by atoms with Gasteiger partial charge in [-0.1, -0.05) is 30.2 Å². The third kappa shape index (κ3) is 5.18. The summed E-state index contributed by atoms with van der Waals surface area (Å²) in [6.45, 7) is 0. The van der Waals surface area contributed by atoms with Gasteiger partial charge >= 0.3 is 12.3 Å². The van der Waals surface area contributed by atoms with Crippen molar-refractivity contribution >= 4 is 35.1 Å². The Bertz CT molecular complexity index is 1280. The Labute approximate surface area is 221 Å². The maximum Gasteiger partial charge on any atom is 0.573 e. The Morgan fingerprint density at radius 2 is 1.87 bits per heavy atom. The SMILES string of the molecule is O=C(O)CCC(=O)NC1(C2c3ccc(Cl)cc3N(C(=O)c3cccc(OC(F)(F)F)c3)C3CCCC32)CC1. The Balaban J connectivity index is 1.51. The van der Waals surface area contributed by atoms with E-state index in [1.54, 1.807) is 17.0 Å². The number of hydrogen-bond acceptors (Lipinski definition) is 4. The summed E-state index contributed by atoms with van der Waals surface area (Å²) >= 11 is 6.36. The number of ether oxygens (including phenoxy) is 1. The summed E-state index contributed by atoms with van der Waals surface area (Å²) in [6, 6.07) is 10.1. The summed E-state index contributed by atoms with van der Waals surface area (Å²) in [6.07, 6.45) is -1.46. The normalized spacial score (nSPS) is 23.3. The predicted octanol–water partition coefficient (Wildman–Crippen LogP) is 5.66. The second-order valence-corrected chi connectivity index (χ2v) is 10.6. The number of amides is 2. The van der Waals surface area contributed by atoms with Crippen molar-refractivity contribution in [2.24, 2.45) is 5.92 Å². The molecule has 38 heavy (non-hydrogen) atoms. The zero-order valence-corrected chi connectivity index (χ0v) is 21.0. The van der Waals surface area contributed by atoms with Gasteiger partial charge < -0.3 is 20.1 Å².